The highest BCUT2D eigenvalue weighted by Crippen LogP contribution is 2.45. The zero-order valence-corrected chi connectivity index (χ0v) is 15.0. The molecule has 0 atom stereocenters. The van der Waals surface area contributed by atoms with Crippen molar-refractivity contribution in [2.45, 2.75) is 0 Å². The Morgan fingerprint density at radius 2 is 0.963 bits per heavy atom. The predicted octanol–water partition coefficient (Wildman–Crippen LogP) is 5.45. The van der Waals surface area contributed by atoms with Crippen molar-refractivity contribution in [3.05, 3.63) is 72.8 Å². The maximum absolute atomic E-state index is 6.15. The molecule has 0 spiro atoms. The maximum atomic E-state index is 6.15. The summed E-state index contributed by atoms with van der Waals surface area (Å²) in [6.07, 6.45) is 0. The molecule has 0 unspecified atom stereocenters. The lowest BCUT2D eigenvalue weighted by atomic mass is 9.92. The van der Waals surface area contributed by atoms with E-state index in [4.69, 9.17) is 14.2 Å². The molecule has 0 bridgehead atoms. The third kappa shape index (κ3) is 2.90. The lowest BCUT2D eigenvalue weighted by Crippen LogP contribution is -2.11. The van der Waals surface area contributed by atoms with Crippen LogP contribution in [0.1, 0.15) is 0 Å². The van der Waals surface area contributed by atoms with Crippen molar-refractivity contribution in [1.82, 2.24) is 0 Å². The van der Waals surface area contributed by atoms with Crippen molar-refractivity contribution in [3.8, 4) is 22.6 Å². The largest absolute Gasteiger partial charge is 0.491 e. The first-order valence-corrected chi connectivity index (χ1v) is 9.29. The van der Waals surface area contributed by atoms with E-state index < -0.39 is 0 Å². The van der Waals surface area contributed by atoms with Gasteiger partial charge in [-0.05, 0) is 33.7 Å². The molecule has 4 aromatic carbocycles. The molecule has 4 aromatic rings. The van der Waals surface area contributed by atoms with Crippen molar-refractivity contribution >= 4 is 21.5 Å². The van der Waals surface area contributed by atoms with Gasteiger partial charge in [-0.2, -0.15) is 0 Å². The van der Waals surface area contributed by atoms with Crippen LogP contribution in [0, 0.1) is 0 Å². The molecular formula is C24H20O3. The number of hydrogen-bond donors (Lipinski definition) is 0. The molecular weight excluding hydrogens is 336 g/mol. The Balaban J connectivity index is 1.90. The minimum atomic E-state index is 0.519. The van der Waals surface area contributed by atoms with Gasteiger partial charge in [-0.15, -0.1) is 0 Å². The molecule has 0 aliphatic carbocycles. The fourth-order valence-corrected chi connectivity index (χ4v) is 3.78. The minimum Gasteiger partial charge on any atom is -0.491 e. The average molecular weight is 356 g/mol. The standard InChI is InChI=1S/C24H20O3/c1-3-7-19-17(5-1)9-11-21-23(19)24-20-8-4-2-6-18(20)10-12-22(24)27-16-14-25-13-15-26-21/h1-12H,13-16H2. The Labute approximate surface area is 158 Å². The quantitative estimate of drug-likeness (QED) is 0.419. The summed E-state index contributed by atoms with van der Waals surface area (Å²) < 4.78 is 17.9. The third-order valence-electron chi connectivity index (χ3n) is 5.00. The molecule has 134 valence electrons. The molecule has 0 aromatic heterocycles. The minimum absolute atomic E-state index is 0.519. The number of hydrogen-bond acceptors (Lipinski definition) is 3. The highest BCUT2D eigenvalue weighted by atomic mass is 16.5. The monoisotopic (exact) mass is 356 g/mol. The van der Waals surface area contributed by atoms with E-state index in [2.05, 4.69) is 72.8 Å². The van der Waals surface area contributed by atoms with E-state index in [1.807, 2.05) is 0 Å². The van der Waals surface area contributed by atoms with Crippen molar-refractivity contribution in [1.29, 1.82) is 0 Å². The highest BCUT2D eigenvalue weighted by molar-refractivity contribution is 6.09. The lowest BCUT2D eigenvalue weighted by molar-refractivity contribution is 0.0776. The van der Waals surface area contributed by atoms with Gasteiger partial charge in [0.2, 0.25) is 0 Å². The van der Waals surface area contributed by atoms with Gasteiger partial charge in [-0.25, -0.2) is 0 Å². The molecule has 1 heterocycles. The summed E-state index contributed by atoms with van der Waals surface area (Å²) in [5, 5.41) is 4.70. The van der Waals surface area contributed by atoms with Gasteiger partial charge in [0.1, 0.15) is 24.7 Å². The Morgan fingerprint density at radius 3 is 1.48 bits per heavy atom. The summed E-state index contributed by atoms with van der Waals surface area (Å²) in [4.78, 5) is 0. The smallest absolute Gasteiger partial charge is 0.128 e. The first-order chi connectivity index (χ1) is 13.4. The van der Waals surface area contributed by atoms with E-state index in [-0.39, 0.29) is 0 Å². The van der Waals surface area contributed by atoms with Gasteiger partial charge in [0.05, 0.1) is 13.2 Å². The molecule has 0 saturated carbocycles. The molecule has 0 fully saturated rings. The summed E-state index contributed by atoms with van der Waals surface area (Å²) in [6.45, 7) is 2.14. The SMILES string of the molecule is c1ccc2c3c(ccc2c1)OCCOCCOc1ccc2ccccc2c1-3. The average Bonchev–Trinajstić information content (AvgIpc) is 2.76. The number of rotatable bonds is 0. The second kappa shape index (κ2) is 6.93. The molecule has 1 aliphatic heterocycles. The number of ether oxygens (including phenoxy) is 3. The van der Waals surface area contributed by atoms with E-state index >= 15 is 0 Å². The zero-order valence-electron chi connectivity index (χ0n) is 15.0. The first kappa shape index (κ1) is 16.2. The summed E-state index contributed by atoms with van der Waals surface area (Å²) in [5.41, 5.74) is 2.17. The topological polar surface area (TPSA) is 27.7 Å². The van der Waals surface area contributed by atoms with Crippen LogP contribution in [0.5, 0.6) is 11.5 Å². The summed E-state index contributed by atoms with van der Waals surface area (Å²) in [5.74, 6) is 1.72. The van der Waals surface area contributed by atoms with Gasteiger partial charge in [-0.1, -0.05) is 60.7 Å². The van der Waals surface area contributed by atoms with E-state index in [1.54, 1.807) is 0 Å². The Morgan fingerprint density at radius 1 is 0.481 bits per heavy atom. The predicted molar refractivity (Wildman–Crippen MR) is 109 cm³/mol. The van der Waals surface area contributed by atoms with E-state index in [0.29, 0.717) is 26.4 Å². The number of fused-ring (bicyclic) bond motifs is 7. The molecule has 0 amide bonds. The number of benzene rings is 4. The normalized spacial score (nSPS) is 14.5. The summed E-state index contributed by atoms with van der Waals surface area (Å²) in [6, 6.07) is 25.2. The van der Waals surface area contributed by atoms with Gasteiger partial charge in [0.15, 0.2) is 0 Å². The van der Waals surface area contributed by atoms with Crippen molar-refractivity contribution < 1.29 is 14.2 Å². The zero-order chi connectivity index (χ0) is 18.1. The fraction of sp³-hybridized carbons (Fsp3) is 0.167. The van der Waals surface area contributed by atoms with Crippen molar-refractivity contribution in [2.24, 2.45) is 0 Å². The molecule has 0 N–H and O–H groups in total. The Hall–Kier alpha value is -3.04. The van der Waals surface area contributed by atoms with Gasteiger partial charge in [0, 0.05) is 11.1 Å². The Bertz CT molecular complexity index is 1030. The van der Waals surface area contributed by atoms with Crippen LogP contribution < -0.4 is 9.47 Å². The third-order valence-corrected chi connectivity index (χ3v) is 5.00. The van der Waals surface area contributed by atoms with Crippen LogP contribution >= 0.6 is 0 Å². The van der Waals surface area contributed by atoms with Crippen LogP contribution in [-0.2, 0) is 4.74 Å². The summed E-state index contributed by atoms with van der Waals surface area (Å²) >= 11 is 0. The van der Waals surface area contributed by atoms with E-state index in [0.717, 1.165) is 33.4 Å². The Kier molecular flexibility index (Phi) is 4.15. The van der Waals surface area contributed by atoms with E-state index in [9.17, 15) is 0 Å². The highest BCUT2D eigenvalue weighted by Gasteiger charge is 2.19. The van der Waals surface area contributed by atoms with Crippen molar-refractivity contribution in [3.63, 3.8) is 0 Å². The molecule has 0 saturated heterocycles. The maximum Gasteiger partial charge on any atom is 0.128 e. The molecule has 3 heteroatoms. The van der Waals surface area contributed by atoms with Gasteiger partial charge in [0.25, 0.3) is 0 Å². The second-order valence-corrected chi connectivity index (χ2v) is 6.63. The van der Waals surface area contributed by atoms with Crippen LogP contribution in [-0.4, -0.2) is 26.4 Å². The molecule has 27 heavy (non-hydrogen) atoms. The molecule has 3 nitrogen and oxygen atoms in total. The van der Waals surface area contributed by atoms with Crippen LogP contribution in [0.15, 0.2) is 72.8 Å². The van der Waals surface area contributed by atoms with Gasteiger partial charge >= 0.3 is 0 Å². The van der Waals surface area contributed by atoms with Crippen LogP contribution in [0.25, 0.3) is 32.7 Å². The molecule has 1 aliphatic rings. The van der Waals surface area contributed by atoms with Crippen LogP contribution in [0.3, 0.4) is 0 Å². The van der Waals surface area contributed by atoms with Crippen molar-refractivity contribution in [2.75, 3.05) is 26.4 Å². The summed E-state index contributed by atoms with van der Waals surface area (Å²) in [7, 11) is 0. The van der Waals surface area contributed by atoms with Gasteiger partial charge in [-0.3, -0.25) is 0 Å². The van der Waals surface area contributed by atoms with Crippen LogP contribution in [0.2, 0.25) is 0 Å². The lowest BCUT2D eigenvalue weighted by Gasteiger charge is -2.18. The van der Waals surface area contributed by atoms with Gasteiger partial charge < -0.3 is 14.2 Å². The second-order valence-electron chi connectivity index (χ2n) is 6.63. The van der Waals surface area contributed by atoms with Crippen LogP contribution in [0.4, 0.5) is 0 Å². The first-order valence-electron chi connectivity index (χ1n) is 9.29. The molecule has 0 radical (unpaired) electrons. The molecule has 5 rings (SSSR count). The fourth-order valence-electron chi connectivity index (χ4n) is 3.78. The van der Waals surface area contributed by atoms with E-state index in [1.165, 1.54) is 10.8 Å².